The average Bonchev–Trinajstić information content (AvgIpc) is 3.15. The number of carbonyl (C=O) groups is 1. The Bertz CT molecular complexity index is 789. The topological polar surface area (TPSA) is 55.1 Å². The number of carbonyl (C=O) groups excluding carboxylic acids is 1. The molecule has 0 saturated heterocycles. The minimum atomic E-state index is -0.130. The molecule has 1 amide bonds. The van der Waals surface area contributed by atoms with E-state index in [1.165, 1.54) is 5.56 Å². The van der Waals surface area contributed by atoms with Crippen molar-refractivity contribution >= 4 is 5.91 Å². The summed E-state index contributed by atoms with van der Waals surface area (Å²) in [5.74, 6) is 0.377. The van der Waals surface area contributed by atoms with Gasteiger partial charge in [-0.05, 0) is 35.2 Å². The number of hydrogen-bond donors (Lipinski definition) is 1. The molecule has 1 N–H and O–H groups in total. The summed E-state index contributed by atoms with van der Waals surface area (Å²) in [5.41, 5.74) is 4.60. The van der Waals surface area contributed by atoms with Crippen LogP contribution in [0.3, 0.4) is 0 Å². The normalized spacial score (nSPS) is 10.8. The van der Waals surface area contributed by atoms with Crippen LogP contribution in [0.4, 0.5) is 0 Å². The van der Waals surface area contributed by atoms with Crippen molar-refractivity contribution < 1.29 is 9.21 Å². The van der Waals surface area contributed by atoms with Crippen molar-refractivity contribution in [2.45, 2.75) is 26.3 Å². The molecule has 3 aromatic rings. The van der Waals surface area contributed by atoms with E-state index >= 15 is 0 Å². The Morgan fingerprint density at radius 2 is 1.92 bits per heavy atom. The maximum atomic E-state index is 12.2. The monoisotopic (exact) mass is 320 g/mol. The Balaban J connectivity index is 1.60. The van der Waals surface area contributed by atoms with Gasteiger partial charge in [-0.2, -0.15) is 0 Å². The smallest absolute Gasteiger partial charge is 0.253 e. The molecule has 4 nitrogen and oxygen atoms in total. The van der Waals surface area contributed by atoms with Gasteiger partial charge in [0.1, 0.15) is 0 Å². The van der Waals surface area contributed by atoms with Crippen molar-refractivity contribution in [2.24, 2.45) is 0 Å². The van der Waals surface area contributed by atoms with Gasteiger partial charge in [0, 0.05) is 18.3 Å². The third-order valence-corrected chi connectivity index (χ3v) is 3.94. The van der Waals surface area contributed by atoms with Gasteiger partial charge in [-0.3, -0.25) is 9.78 Å². The summed E-state index contributed by atoms with van der Waals surface area (Å²) in [6.07, 6.45) is 4.81. The summed E-state index contributed by atoms with van der Waals surface area (Å²) in [5, 5.41) is 2.92. The average molecular weight is 320 g/mol. The van der Waals surface area contributed by atoms with Crippen LogP contribution >= 0.6 is 0 Å². The number of furan rings is 1. The van der Waals surface area contributed by atoms with Crippen LogP contribution in [0, 0.1) is 0 Å². The summed E-state index contributed by atoms with van der Waals surface area (Å²) in [6.45, 7) is 4.83. The molecule has 0 bridgehead atoms. The molecule has 0 spiro atoms. The van der Waals surface area contributed by atoms with Gasteiger partial charge in [-0.1, -0.05) is 38.1 Å². The summed E-state index contributed by atoms with van der Waals surface area (Å²) in [6, 6.07) is 13.7. The Morgan fingerprint density at radius 1 is 1.12 bits per heavy atom. The number of amides is 1. The van der Waals surface area contributed by atoms with Crippen molar-refractivity contribution in [2.75, 3.05) is 0 Å². The van der Waals surface area contributed by atoms with E-state index in [1.807, 2.05) is 12.1 Å². The lowest BCUT2D eigenvalue weighted by molar-refractivity contribution is 0.0950. The summed E-state index contributed by atoms with van der Waals surface area (Å²) in [7, 11) is 0. The summed E-state index contributed by atoms with van der Waals surface area (Å²) in [4.78, 5) is 16.5. The first kappa shape index (κ1) is 16.0. The Hall–Kier alpha value is -2.88. The minimum Gasteiger partial charge on any atom is -0.472 e. The van der Waals surface area contributed by atoms with Crippen LogP contribution < -0.4 is 5.32 Å². The number of rotatable bonds is 5. The van der Waals surface area contributed by atoms with Gasteiger partial charge in [0.25, 0.3) is 5.91 Å². The maximum absolute atomic E-state index is 12.2. The summed E-state index contributed by atoms with van der Waals surface area (Å²) < 4.78 is 5.04. The molecule has 0 aliphatic rings. The van der Waals surface area contributed by atoms with E-state index in [9.17, 15) is 4.79 Å². The van der Waals surface area contributed by atoms with Crippen molar-refractivity contribution in [3.63, 3.8) is 0 Å². The minimum absolute atomic E-state index is 0.130. The second kappa shape index (κ2) is 7.13. The fourth-order valence-electron chi connectivity index (χ4n) is 2.41. The molecule has 0 aliphatic carbocycles. The van der Waals surface area contributed by atoms with E-state index in [-0.39, 0.29) is 5.91 Å². The zero-order chi connectivity index (χ0) is 16.9. The Kier molecular flexibility index (Phi) is 4.75. The first-order valence-corrected chi connectivity index (χ1v) is 7.99. The van der Waals surface area contributed by atoms with Crippen LogP contribution in [0.5, 0.6) is 0 Å². The SMILES string of the molecule is CC(C)c1ccc(CNC(=O)c2ccc(-c3ccoc3)nc2)cc1. The second-order valence-corrected chi connectivity index (χ2v) is 6.02. The fraction of sp³-hybridized carbons (Fsp3) is 0.200. The van der Waals surface area contributed by atoms with Crippen molar-refractivity contribution in [3.8, 4) is 11.3 Å². The summed E-state index contributed by atoms with van der Waals surface area (Å²) >= 11 is 0. The highest BCUT2D eigenvalue weighted by Gasteiger charge is 2.08. The molecule has 1 aromatic carbocycles. The second-order valence-electron chi connectivity index (χ2n) is 6.02. The molecular weight excluding hydrogens is 300 g/mol. The fourth-order valence-corrected chi connectivity index (χ4v) is 2.41. The number of benzene rings is 1. The highest BCUT2D eigenvalue weighted by molar-refractivity contribution is 5.94. The Morgan fingerprint density at radius 3 is 2.50 bits per heavy atom. The molecule has 122 valence electrons. The van der Waals surface area contributed by atoms with Crippen LogP contribution in [0.25, 0.3) is 11.3 Å². The van der Waals surface area contributed by atoms with Crippen molar-refractivity contribution in [3.05, 3.63) is 77.9 Å². The molecule has 2 aromatic heterocycles. The molecule has 0 unspecified atom stereocenters. The third kappa shape index (κ3) is 3.71. The first-order valence-electron chi connectivity index (χ1n) is 7.99. The third-order valence-electron chi connectivity index (χ3n) is 3.94. The van der Waals surface area contributed by atoms with E-state index in [1.54, 1.807) is 24.8 Å². The van der Waals surface area contributed by atoms with Crippen LogP contribution in [0.1, 0.15) is 41.3 Å². The number of hydrogen-bond acceptors (Lipinski definition) is 3. The lowest BCUT2D eigenvalue weighted by Gasteiger charge is -2.08. The largest absolute Gasteiger partial charge is 0.472 e. The molecule has 0 radical (unpaired) electrons. The van der Waals surface area contributed by atoms with E-state index < -0.39 is 0 Å². The molecule has 0 atom stereocenters. The van der Waals surface area contributed by atoms with Gasteiger partial charge < -0.3 is 9.73 Å². The van der Waals surface area contributed by atoms with Gasteiger partial charge >= 0.3 is 0 Å². The van der Waals surface area contributed by atoms with Crippen molar-refractivity contribution in [1.82, 2.24) is 10.3 Å². The number of nitrogens with zero attached hydrogens (tertiary/aromatic N) is 1. The quantitative estimate of drug-likeness (QED) is 0.758. The first-order chi connectivity index (χ1) is 11.6. The predicted molar refractivity (Wildman–Crippen MR) is 93.6 cm³/mol. The van der Waals surface area contributed by atoms with Gasteiger partial charge in [0.2, 0.25) is 0 Å². The molecule has 0 aliphatic heterocycles. The molecule has 3 rings (SSSR count). The standard InChI is InChI=1S/C20H20N2O2/c1-14(2)16-5-3-15(4-6-16)11-22-20(23)17-7-8-19(21-12-17)18-9-10-24-13-18/h3-10,12-14H,11H2,1-2H3,(H,22,23). The van der Waals surface area contributed by atoms with E-state index in [2.05, 4.69) is 48.4 Å². The molecular formula is C20H20N2O2. The highest BCUT2D eigenvalue weighted by atomic mass is 16.3. The van der Waals surface area contributed by atoms with Gasteiger partial charge in [0.05, 0.1) is 23.8 Å². The number of nitrogens with one attached hydrogen (secondary N) is 1. The van der Waals surface area contributed by atoms with E-state index in [4.69, 9.17) is 4.42 Å². The number of aromatic nitrogens is 1. The van der Waals surface area contributed by atoms with Crippen molar-refractivity contribution in [1.29, 1.82) is 0 Å². The molecule has 24 heavy (non-hydrogen) atoms. The van der Waals surface area contributed by atoms with Gasteiger partial charge in [0.15, 0.2) is 0 Å². The van der Waals surface area contributed by atoms with E-state index in [0.717, 1.165) is 16.8 Å². The zero-order valence-electron chi connectivity index (χ0n) is 13.8. The molecule has 2 heterocycles. The van der Waals surface area contributed by atoms with Gasteiger partial charge in [-0.25, -0.2) is 0 Å². The van der Waals surface area contributed by atoms with Gasteiger partial charge in [-0.15, -0.1) is 0 Å². The lowest BCUT2D eigenvalue weighted by atomic mass is 10.0. The predicted octanol–water partition coefficient (Wildman–Crippen LogP) is 4.40. The molecule has 4 heteroatoms. The van der Waals surface area contributed by atoms with Crippen LogP contribution in [-0.4, -0.2) is 10.9 Å². The Labute approximate surface area is 141 Å². The molecule has 0 saturated carbocycles. The van der Waals surface area contributed by atoms with Crippen LogP contribution in [0.15, 0.2) is 65.6 Å². The number of pyridine rings is 1. The molecule has 0 fully saturated rings. The highest BCUT2D eigenvalue weighted by Crippen LogP contribution is 2.17. The maximum Gasteiger partial charge on any atom is 0.253 e. The van der Waals surface area contributed by atoms with Crippen LogP contribution in [0.2, 0.25) is 0 Å². The van der Waals surface area contributed by atoms with Crippen LogP contribution in [-0.2, 0) is 6.54 Å². The van der Waals surface area contributed by atoms with E-state index in [0.29, 0.717) is 18.0 Å². The zero-order valence-corrected chi connectivity index (χ0v) is 13.8. The lowest BCUT2D eigenvalue weighted by Crippen LogP contribution is -2.22.